The molecule has 3 aliphatic rings. The van der Waals surface area contributed by atoms with Crippen LogP contribution in [0.5, 0.6) is 0 Å². The summed E-state index contributed by atoms with van der Waals surface area (Å²) in [6.45, 7) is 3.33. The molecule has 7 nitrogen and oxygen atoms in total. The molecule has 1 N–H and O–H groups in total. The molecule has 12 heteroatoms. The number of hydrogen-bond donors (Lipinski definition) is 1. The van der Waals surface area contributed by atoms with Crippen molar-refractivity contribution < 1.29 is 5.11 Å². The number of rotatable bonds is 6. The minimum Gasteiger partial charge on any atom is -0.376 e. The normalized spacial score (nSPS) is 20.5. The third kappa shape index (κ3) is 9.66. The molecule has 55 heavy (non-hydrogen) atoms. The van der Waals surface area contributed by atoms with Gasteiger partial charge in [-0.05, 0) is 119 Å². The molecule has 290 valence electrons. The van der Waals surface area contributed by atoms with Crippen molar-refractivity contribution in [2.45, 2.75) is 62.3 Å². The summed E-state index contributed by atoms with van der Waals surface area (Å²) in [6.07, 6.45) is 12.5. The van der Waals surface area contributed by atoms with Crippen molar-refractivity contribution in [2.75, 3.05) is 40.8 Å². The molecule has 3 aromatic heterocycles. The highest BCUT2D eigenvalue weighted by atomic mass is 35.5. The first-order chi connectivity index (χ1) is 26.5. The highest BCUT2D eigenvalue weighted by molar-refractivity contribution is 6.42. The van der Waals surface area contributed by atoms with Gasteiger partial charge in [0.25, 0.3) is 0 Å². The van der Waals surface area contributed by atoms with E-state index < -0.39 is 5.60 Å². The maximum Gasteiger partial charge on any atom is 0.148 e. The first kappa shape index (κ1) is 41.8. The predicted octanol–water partition coefficient (Wildman–Crippen LogP) is 11.1. The molecular formula is C43H47Cl5N6O. The fourth-order valence-corrected chi connectivity index (χ4v) is 8.91. The van der Waals surface area contributed by atoms with Crippen LogP contribution in [-0.2, 0) is 5.60 Å². The third-order valence-electron chi connectivity index (χ3n) is 11.0. The summed E-state index contributed by atoms with van der Waals surface area (Å²) in [6, 6.07) is 26.2. The highest BCUT2D eigenvalue weighted by Gasteiger charge is 2.41. The molecule has 2 aromatic carbocycles. The van der Waals surface area contributed by atoms with Gasteiger partial charge in [-0.25, -0.2) is 15.0 Å². The summed E-state index contributed by atoms with van der Waals surface area (Å²) in [5, 5.41) is 14.3. The van der Waals surface area contributed by atoms with E-state index in [1.165, 1.54) is 43.4 Å². The van der Waals surface area contributed by atoms with Crippen LogP contribution in [0.4, 0.5) is 0 Å². The van der Waals surface area contributed by atoms with E-state index in [-0.39, 0.29) is 11.2 Å². The van der Waals surface area contributed by atoms with Crippen molar-refractivity contribution in [3.8, 4) is 0 Å². The molecule has 0 spiro atoms. The predicted molar refractivity (Wildman–Crippen MR) is 227 cm³/mol. The number of hydrogen-bond acceptors (Lipinski definition) is 7. The van der Waals surface area contributed by atoms with Crippen molar-refractivity contribution >= 4 is 58.0 Å². The van der Waals surface area contributed by atoms with Gasteiger partial charge in [0.2, 0.25) is 0 Å². The average Bonchev–Trinajstić information content (AvgIpc) is 3.96. The number of likely N-dealkylation sites (tertiary alicyclic amines) is 3. The largest absolute Gasteiger partial charge is 0.376 e. The van der Waals surface area contributed by atoms with E-state index in [0.29, 0.717) is 38.0 Å². The standard InChI is InChI=1S/C23H22Cl2N2O.C10H12Cl2N2.C10H13ClN2/c1-27-14-8-13-19(27)18-15-26-22(25)21(24)20(18)23(28,16-9-4-2-5-10-16)17-11-6-3-7-12-17;1-14-4-2-3-9(14)7-5-8(11)10(12)13-6-7;1-13-6-2-3-9(13)8-4-5-10(11)12-7-8/h2-7,9-12,15,19,28H,8,13-14H2,1H3;5-6,9H,2-4H2,1H3;4-5,7,9H,2-3,6H2,1H3/t19-;2*9-/m000/s1. The molecule has 6 heterocycles. The van der Waals surface area contributed by atoms with Gasteiger partial charge in [-0.1, -0.05) is 125 Å². The second-order valence-corrected chi connectivity index (χ2v) is 16.4. The highest BCUT2D eigenvalue weighted by Crippen LogP contribution is 2.47. The van der Waals surface area contributed by atoms with Gasteiger partial charge in [0.15, 0.2) is 0 Å². The number of aromatic nitrogens is 3. The van der Waals surface area contributed by atoms with E-state index in [0.717, 1.165) is 42.6 Å². The molecule has 0 radical (unpaired) electrons. The Kier molecular flexibility index (Phi) is 14.5. The molecule has 0 unspecified atom stereocenters. The van der Waals surface area contributed by atoms with Crippen LogP contribution in [0.2, 0.25) is 25.5 Å². The number of nitrogens with zero attached hydrogens (tertiary/aromatic N) is 6. The van der Waals surface area contributed by atoms with Gasteiger partial charge in [0.05, 0.1) is 10.0 Å². The van der Waals surface area contributed by atoms with Crippen LogP contribution in [0.1, 0.15) is 90.0 Å². The molecule has 0 bridgehead atoms. The second kappa shape index (κ2) is 19.1. The first-order valence-electron chi connectivity index (χ1n) is 18.7. The lowest BCUT2D eigenvalue weighted by atomic mass is 9.77. The fraction of sp³-hybridized carbons (Fsp3) is 0.372. The Balaban J connectivity index is 0.000000158. The number of pyridine rings is 3. The molecule has 3 saturated heterocycles. The molecule has 3 atom stereocenters. The molecule has 5 aromatic rings. The van der Waals surface area contributed by atoms with Gasteiger partial charge in [-0.2, -0.15) is 0 Å². The van der Waals surface area contributed by atoms with E-state index in [2.05, 4.69) is 56.9 Å². The lowest BCUT2D eigenvalue weighted by molar-refractivity contribution is 0.122. The Bertz CT molecular complexity index is 1970. The molecular weight excluding hydrogens is 794 g/mol. The summed E-state index contributed by atoms with van der Waals surface area (Å²) in [7, 11) is 6.38. The van der Waals surface area contributed by atoms with E-state index in [9.17, 15) is 5.11 Å². The van der Waals surface area contributed by atoms with Crippen molar-refractivity contribution in [1.82, 2.24) is 29.7 Å². The molecule has 3 aliphatic heterocycles. The van der Waals surface area contributed by atoms with Crippen LogP contribution in [0.25, 0.3) is 0 Å². The van der Waals surface area contributed by atoms with Crippen LogP contribution >= 0.6 is 58.0 Å². The van der Waals surface area contributed by atoms with Crippen molar-refractivity contribution in [3.05, 3.63) is 156 Å². The minimum absolute atomic E-state index is 0.135. The summed E-state index contributed by atoms with van der Waals surface area (Å²) in [4.78, 5) is 19.4. The van der Waals surface area contributed by atoms with Gasteiger partial charge < -0.3 is 5.11 Å². The first-order valence-corrected chi connectivity index (χ1v) is 20.6. The summed E-state index contributed by atoms with van der Waals surface area (Å²) < 4.78 is 0. The number of benzene rings is 2. The van der Waals surface area contributed by atoms with Crippen molar-refractivity contribution in [2.24, 2.45) is 0 Å². The Labute approximate surface area is 350 Å². The zero-order chi connectivity index (χ0) is 39.1. The van der Waals surface area contributed by atoms with Gasteiger partial charge >= 0.3 is 0 Å². The Morgan fingerprint density at radius 2 is 1.07 bits per heavy atom. The lowest BCUT2D eigenvalue weighted by Gasteiger charge is -2.35. The molecule has 0 saturated carbocycles. The van der Waals surface area contributed by atoms with Crippen LogP contribution in [-0.4, -0.2) is 75.5 Å². The lowest BCUT2D eigenvalue weighted by Crippen LogP contribution is -2.32. The monoisotopic (exact) mass is 838 g/mol. The average molecular weight is 841 g/mol. The molecule has 0 amide bonds. The second-order valence-electron chi connectivity index (χ2n) is 14.5. The number of aliphatic hydroxyl groups is 1. The summed E-state index contributed by atoms with van der Waals surface area (Å²) in [5.41, 5.74) is 4.03. The van der Waals surface area contributed by atoms with Crippen molar-refractivity contribution in [3.63, 3.8) is 0 Å². The zero-order valence-electron chi connectivity index (χ0n) is 31.4. The maximum atomic E-state index is 12.3. The topological polar surface area (TPSA) is 68.6 Å². The van der Waals surface area contributed by atoms with Crippen molar-refractivity contribution in [1.29, 1.82) is 0 Å². The van der Waals surface area contributed by atoms with E-state index in [1.54, 1.807) is 6.20 Å². The van der Waals surface area contributed by atoms with Gasteiger partial charge in [0.1, 0.15) is 21.1 Å². The minimum atomic E-state index is -1.44. The maximum absolute atomic E-state index is 12.3. The Morgan fingerprint density at radius 3 is 1.55 bits per heavy atom. The smallest absolute Gasteiger partial charge is 0.148 e. The van der Waals surface area contributed by atoms with Crippen LogP contribution in [0.3, 0.4) is 0 Å². The molecule has 8 rings (SSSR count). The molecule has 0 aliphatic carbocycles. The van der Waals surface area contributed by atoms with Crippen LogP contribution in [0, 0.1) is 0 Å². The van der Waals surface area contributed by atoms with Gasteiger partial charge in [-0.3, -0.25) is 14.7 Å². The summed E-state index contributed by atoms with van der Waals surface area (Å²) >= 11 is 30.5. The van der Waals surface area contributed by atoms with Crippen LogP contribution in [0.15, 0.2) is 97.5 Å². The van der Waals surface area contributed by atoms with E-state index in [1.807, 2.05) is 85.2 Å². The summed E-state index contributed by atoms with van der Waals surface area (Å²) in [5.74, 6) is 0. The third-order valence-corrected chi connectivity index (χ3v) is 12.7. The Morgan fingerprint density at radius 1 is 0.582 bits per heavy atom. The van der Waals surface area contributed by atoms with E-state index >= 15 is 0 Å². The van der Waals surface area contributed by atoms with Gasteiger partial charge in [0, 0.05) is 42.3 Å². The number of halogens is 5. The Hall–Kier alpha value is -2.82. The molecule has 3 fully saturated rings. The van der Waals surface area contributed by atoms with Crippen LogP contribution < -0.4 is 0 Å². The fourth-order valence-electron chi connectivity index (χ4n) is 8.08. The zero-order valence-corrected chi connectivity index (χ0v) is 35.1. The van der Waals surface area contributed by atoms with Gasteiger partial charge in [-0.15, -0.1) is 0 Å². The quantitative estimate of drug-likeness (QED) is 0.171. The SMILES string of the molecule is CN1CCC[C@H]1c1ccc(Cl)nc1.CN1CCC[C@H]1c1cnc(Cl)c(Cl)c1.CN1CCC[C@H]1c1cnc(Cl)c(Cl)c1C(O)(c1ccccc1)c1ccccc1. The van der Waals surface area contributed by atoms with E-state index in [4.69, 9.17) is 58.0 Å².